The number of hydrogen-bond donors (Lipinski definition) is 1. The Morgan fingerprint density at radius 1 is 1.03 bits per heavy atom. The van der Waals surface area contributed by atoms with E-state index in [0.717, 1.165) is 21.6 Å². The molecule has 0 aliphatic heterocycles. The summed E-state index contributed by atoms with van der Waals surface area (Å²) < 4.78 is 11.0. The maximum absolute atomic E-state index is 12.8. The van der Waals surface area contributed by atoms with Crippen molar-refractivity contribution in [1.82, 2.24) is 0 Å². The lowest BCUT2D eigenvalue weighted by Gasteiger charge is -2.14. The Hall–Kier alpha value is -3.72. The maximum Gasteiger partial charge on any atom is 0.341 e. The van der Waals surface area contributed by atoms with Gasteiger partial charge in [-0.25, -0.2) is 4.79 Å². The molecule has 34 heavy (non-hydrogen) atoms. The molecule has 3 aromatic rings. The lowest BCUT2D eigenvalue weighted by Crippen LogP contribution is -2.21. The van der Waals surface area contributed by atoms with E-state index in [1.54, 1.807) is 19.1 Å². The number of rotatable bonds is 8. The molecule has 2 aromatic carbocycles. The summed E-state index contributed by atoms with van der Waals surface area (Å²) in [7, 11) is 0. The van der Waals surface area contributed by atoms with Crippen molar-refractivity contribution in [3.8, 4) is 16.9 Å². The number of hydrogen-bond acceptors (Lipinski definition) is 7. The minimum atomic E-state index is -0.582. The molecule has 1 amide bonds. The van der Waals surface area contributed by atoms with Gasteiger partial charge in [0.05, 0.1) is 11.5 Å². The first kappa shape index (κ1) is 24.9. The van der Waals surface area contributed by atoms with Gasteiger partial charge in [-0.05, 0) is 69.0 Å². The summed E-state index contributed by atoms with van der Waals surface area (Å²) in [5.41, 5.74) is 4.30. The Bertz CT molecular complexity index is 1250. The first-order valence-corrected chi connectivity index (χ1v) is 11.5. The van der Waals surface area contributed by atoms with Crippen LogP contribution in [0.1, 0.15) is 38.8 Å². The summed E-state index contributed by atoms with van der Waals surface area (Å²) in [4.78, 5) is 36.9. The molecular formula is C25H26N2O6S. The van der Waals surface area contributed by atoms with Crippen LogP contribution in [0.25, 0.3) is 11.1 Å². The predicted molar refractivity (Wildman–Crippen MR) is 132 cm³/mol. The highest BCUT2D eigenvalue weighted by Gasteiger charge is 2.26. The summed E-state index contributed by atoms with van der Waals surface area (Å²) in [6, 6.07) is 9.84. The lowest BCUT2D eigenvalue weighted by atomic mass is 10.0. The topological polar surface area (TPSA) is 108 Å². The van der Waals surface area contributed by atoms with Crippen molar-refractivity contribution < 1.29 is 24.0 Å². The van der Waals surface area contributed by atoms with Gasteiger partial charge in [0, 0.05) is 22.6 Å². The molecule has 0 atom stereocenters. The van der Waals surface area contributed by atoms with Crippen molar-refractivity contribution >= 4 is 33.9 Å². The van der Waals surface area contributed by atoms with Gasteiger partial charge in [0.2, 0.25) is 0 Å². The molecule has 1 heterocycles. The first-order valence-electron chi connectivity index (χ1n) is 10.7. The van der Waals surface area contributed by atoms with Crippen molar-refractivity contribution in [2.24, 2.45) is 0 Å². The number of thiophene rings is 1. The second kappa shape index (κ2) is 10.5. The first-order chi connectivity index (χ1) is 16.1. The fourth-order valence-corrected chi connectivity index (χ4v) is 4.66. The predicted octanol–water partition coefficient (Wildman–Crippen LogP) is 5.75. The monoisotopic (exact) mass is 482 g/mol. The Morgan fingerprint density at radius 2 is 1.68 bits per heavy atom. The van der Waals surface area contributed by atoms with Crippen LogP contribution in [0.4, 0.5) is 10.7 Å². The zero-order chi connectivity index (χ0) is 25.0. The molecule has 0 spiro atoms. The Kier molecular flexibility index (Phi) is 7.68. The number of nitro groups is 1. The second-order valence-corrected chi connectivity index (χ2v) is 8.98. The van der Waals surface area contributed by atoms with Crippen LogP contribution < -0.4 is 10.1 Å². The quantitative estimate of drug-likeness (QED) is 0.249. The van der Waals surface area contributed by atoms with Gasteiger partial charge in [-0.3, -0.25) is 14.9 Å². The van der Waals surface area contributed by atoms with E-state index in [4.69, 9.17) is 9.47 Å². The van der Waals surface area contributed by atoms with Gasteiger partial charge < -0.3 is 14.8 Å². The van der Waals surface area contributed by atoms with Gasteiger partial charge in [0.15, 0.2) is 6.61 Å². The highest BCUT2D eigenvalue weighted by atomic mass is 32.1. The average Bonchev–Trinajstić information content (AvgIpc) is 3.12. The normalized spacial score (nSPS) is 10.6. The third-order valence-corrected chi connectivity index (χ3v) is 6.43. The number of anilines is 1. The van der Waals surface area contributed by atoms with Crippen molar-refractivity contribution in [3.63, 3.8) is 0 Å². The van der Waals surface area contributed by atoms with Crippen molar-refractivity contribution in [2.75, 3.05) is 18.5 Å². The molecule has 1 aromatic heterocycles. The average molecular weight is 483 g/mol. The van der Waals surface area contributed by atoms with E-state index in [1.165, 1.54) is 23.5 Å². The zero-order valence-electron chi connectivity index (χ0n) is 19.7. The second-order valence-electron chi connectivity index (χ2n) is 7.75. The largest absolute Gasteiger partial charge is 0.483 e. The van der Waals surface area contributed by atoms with Crippen LogP contribution in [0, 0.1) is 37.8 Å². The molecule has 9 heteroatoms. The van der Waals surface area contributed by atoms with Gasteiger partial charge in [-0.15, -0.1) is 11.3 Å². The van der Waals surface area contributed by atoms with Crippen LogP contribution in [0.5, 0.6) is 5.75 Å². The number of aryl methyl sites for hydroxylation is 3. The number of non-ortho nitro benzene ring substituents is 1. The molecule has 0 saturated heterocycles. The minimum Gasteiger partial charge on any atom is -0.483 e. The molecule has 1 N–H and O–H groups in total. The Morgan fingerprint density at radius 3 is 2.29 bits per heavy atom. The van der Waals surface area contributed by atoms with Gasteiger partial charge in [-0.2, -0.15) is 0 Å². The van der Waals surface area contributed by atoms with E-state index < -0.39 is 16.8 Å². The van der Waals surface area contributed by atoms with E-state index in [2.05, 4.69) is 5.32 Å². The third-order valence-electron chi connectivity index (χ3n) is 5.40. The van der Waals surface area contributed by atoms with E-state index in [-0.39, 0.29) is 24.5 Å². The SMILES string of the molecule is CCOC(=O)c1c(NC(=O)COc2c(C)ccc(C)c2C)sc(C)c1-c1ccc([N+](=O)[O-])cc1. The van der Waals surface area contributed by atoms with E-state index >= 15 is 0 Å². The summed E-state index contributed by atoms with van der Waals surface area (Å²) in [6.45, 7) is 9.27. The van der Waals surface area contributed by atoms with Crippen LogP contribution in [0.3, 0.4) is 0 Å². The van der Waals surface area contributed by atoms with Crippen molar-refractivity contribution in [2.45, 2.75) is 34.6 Å². The molecule has 178 valence electrons. The van der Waals surface area contributed by atoms with Gasteiger partial charge in [0.25, 0.3) is 11.6 Å². The highest BCUT2D eigenvalue weighted by Crippen LogP contribution is 2.41. The van der Waals surface area contributed by atoms with E-state index in [1.807, 2.05) is 39.8 Å². The molecule has 8 nitrogen and oxygen atoms in total. The molecule has 0 aliphatic carbocycles. The number of benzene rings is 2. The van der Waals surface area contributed by atoms with E-state index in [9.17, 15) is 19.7 Å². The maximum atomic E-state index is 12.8. The van der Waals surface area contributed by atoms with Crippen LogP contribution in [0.2, 0.25) is 0 Å². The number of carbonyl (C=O) groups is 2. The van der Waals surface area contributed by atoms with Crippen molar-refractivity contribution in [1.29, 1.82) is 0 Å². The number of nitro benzene ring substituents is 1. The van der Waals surface area contributed by atoms with Crippen LogP contribution >= 0.6 is 11.3 Å². The summed E-state index contributed by atoms with van der Waals surface area (Å²) >= 11 is 1.24. The van der Waals surface area contributed by atoms with Crippen LogP contribution in [0.15, 0.2) is 36.4 Å². The lowest BCUT2D eigenvalue weighted by molar-refractivity contribution is -0.384. The smallest absolute Gasteiger partial charge is 0.341 e. The summed E-state index contributed by atoms with van der Waals surface area (Å²) in [5.74, 6) is -0.334. The molecule has 0 fully saturated rings. The fraction of sp³-hybridized carbons (Fsp3) is 0.280. The fourth-order valence-electron chi connectivity index (χ4n) is 3.58. The standard InChI is InChI=1S/C25H26N2O6S/c1-6-32-25(29)22-21(18-9-11-19(12-10-18)27(30)31)17(5)34-24(22)26-20(28)13-33-23-15(3)8-7-14(2)16(23)4/h7-12H,6,13H2,1-5H3,(H,26,28). The number of esters is 1. The Balaban J connectivity index is 1.90. The Labute approximate surface area is 201 Å². The van der Waals surface area contributed by atoms with Crippen LogP contribution in [-0.4, -0.2) is 30.0 Å². The van der Waals surface area contributed by atoms with Crippen LogP contribution in [-0.2, 0) is 9.53 Å². The number of amides is 1. The highest BCUT2D eigenvalue weighted by molar-refractivity contribution is 7.17. The number of nitrogens with one attached hydrogen (secondary N) is 1. The summed E-state index contributed by atoms with van der Waals surface area (Å²) in [5, 5.41) is 14.1. The molecule has 0 aliphatic rings. The molecule has 0 radical (unpaired) electrons. The minimum absolute atomic E-state index is 0.0540. The molecule has 3 rings (SSSR count). The number of carbonyl (C=O) groups excluding carboxylic acids is 2. The van der Waals surface area contributed by atoms with E-state index in [0.29, 0.717) is 21.9 Å². The van der Waals surface area contributed by atoms with Crippen molar-refractivity contribution in [3.05, 3.63) is 73.6 Å². The van der Waals surface area contributed by atoms with Gasteiger partial charge in [0.1, 0.15) is 16.3 Å². The number of nitrogens with zero attached hydrogens (tertiary/aromatic N) is 1. The molecule has 0 bridgehead atoms. The molecular weight excluding hydrogens is 456 g/mol. The van der Waals surface area contributed by atoms with Gasteiger partial charge in [-0.1, -0.05) is 12.1 Å². The third kappa shape index (κ3) is 5.26. The molecule has 0 unspecified atom stereocenters. The van der Waals surface area contributed by atoms with Gasteiger partial charge >= 0.3 is 5.97 Å². The number of ether oxygens (including phenoxy) is 2. The zero-order valence-corrected chi connectivity index (χ0v) is 20.5. The molecule has 0 saturated carbocycles. The summed E-state index contributed by atoms with van der Waals surface area (Å²) in [6.07, 6.45) is 0.